The third-order valence-electron chi connectivity index (χ3n) is 3.97. The number of likely N-dealkylation sites (tertiary alicyclic amines) is 1. The fourth-order valence-electron chi connectivity index (χ4n) is 2.65. The van der Waals surface area contributed by atoms with Crippen LogP contribution in [0.15, 0.2) is 18.2 Å². The van der Waals surface area contributed by atoms with Crippen molar-refractivity contribution in [3.63, 3.8) is 0 Å². The summed E-state index contributed by atoms with van der Waals surface area (Å²) >= 11 is 5.99. The molecule has 21 heavy (non-hydrogen) atoms. The fraction of sp³-hybridized carbons (Fsp3) is 0.562. The highest BCUT2D eigenvalue weighted by Crippen LogP contribution is 2.21. The van der Waals surface area contributed by atoms with Gasteiger partial charge in [-0.2, -0.15) is 0 Å². The molecule has 0 saturated carbocycles. The lowest BCUT2D eigenvalue weighted by Gasteiger charge is -2.20. The largest absolute Gasteiger partial charge is 0.497 e. The number of nitrogens with one attached hydrogen (secondary N) is 1. The highest BCUT2D eigenvalue weighted by molar-refractivity contribution is 6.31. The predicted octanol–water partition coefficient (Wildman–Crippen LogP) is 2.81. The van der Waals surface area contributed by atoms with Gasteiger partial charge >= 0.3 is 0 Å². The lowest BCUT2D eigenvalue weighted by molar-refractivity contribution is 0.0947. The molecule has 1 N–H and O–H groups in total. The van der Waals surface area contributed by atoms with Crippen LogP contribution in [0.3, 0.4) is 0 Å². The Balaban J connectivity index is 1.89. The molecule has 1 aromatic carbocycles. The quantitative estimate of drug-likeness (QED) is 0.909. The average molecular weight is 311 g/mol. The van der Waals surface area contributed by atoms with Crippen LogP contribution in [0.25, 0.3) is 0 Å². The minimum atomic E-state index is -0.0983. The van der Waals surface area contributed by atoms with Crippen molar-refractivity contribution in [1.29, 1.82) is 0 Å². The Morgan fingerprint density at radius 3 is 2.86 bits per heavy atom. The third kappa shape index (κ3) is 4.35. The van der Waals surface area contributed by atoms with Crippen molar-refractivity contribution in [2.75, 3.05) is 26.7 Å². The Morgan fingerprint density at radius 2 is 2.24 bits per heavy atom. The van der Waals surface area contributed by atoms with Crippen LogP contribution in [0.2, 0.25) is 5.02 Å². The predicted molar refractivity (Wildman–Crippen MR) is 85.2 cm³/mol. The van der Waals surface area contributed by atoms with Crippen LogP contribution in [0, 0.1) is 5.92 Å². The molecule has 5 heteroatoms. The molecule has 1 aliphatic heterocycles. The van der Waals surface area contributed by atoms with Gasteiger partial charge < -0.3 is 15.0 Å². The van der Waals surface area contributed by atoms with Crippen LogP contribution in [0.5, 0.6) is 5.75 Å². The van der Waals surface area contributed by atoms with Gasteiger partial charge in [0.2, 0.25) is 0 Å². The molecule has 0 aliphatic carbocycles. The lowest BCUT2D eigenvalue weighted by Crippen LogP contribution is -2.33. The molecule has 1 amide bonds. The normalized spacial score (nSPS) is 19.0. The van der Waals surface area contributed by atoms with Crippen molar-refractivity contribution < 1.29 is 9.53 Å². The standard InChI is InChI=1S/C16H23ClN2O2/c1-11(2)19-5-4-12(10-19)9-18-16(20)13-6-14(17)8-15(7-13)21-3/h6-8,11-12H,4-5,9-10H2,1-3H3,(H,18,20)/t12-/m1/s1. The molecule has 4 nitrogen and oxygen atoms in total. The van der Waals surface area contributed by atoms with Gasteiger partial charge in [-0.15, -0.1) is 0 Å². The second kappa shape index (κ2) is 7.14. The Labute approximate surface area is 131 Å². The van der Waals surface area contributed by atoms with E-state index in [2.05, 4.69) is 24.1 Å². The van der Waals surface area contributed by atoms with Gasteiger partial charge in [-0.25, -0.2) is 0 Å². The van der Waals surface area contributed by atoms with Gasteiger partial charge in [0.25, 0.3) is 5.91 Å². The molecule has 1 saturated heterocycles. The Kier molecular flexibility index (Phi) is 5.48. The number of amides is 1. The van der Waals surface area contributed by atoms with E-state index in [4.69, 9.17) is 16.3 Å². The van der Waals surface area contributed by atoms with Gasteiger partial charge in [0.05, 0.1) is 7.11 Å². The second-order valence-corrected chi connectivity index (χ2v) is 6.27. The van der Waals surface area contributed by atoms with E-state index in [1.54, 1.807) is 25.3 Å². The number of carbonyl (C=O) groups is 1. The van der Waals surface area contributed by atoms with Crippen molar-refractivity contribution in [3.8, 4) is 5.75 Å². The zero-order valence-electron chi connectivity index (χ0n) is 12.9. The van der Waals surface area contributed by atoms with Gasteiger partial charge in [0.15, 0.2) is 0 Å². The van der Waals surface area contributed by atoms with Crippen molar-refractivity contribution in [1.82, 2.24) is 10.2 Å². The van der Waals surface area contributed by atoms with Gasteiger partial charge in [-0.05, 0) is 50.9 Å². The average Bonchev–Trinajstić information content (AvgIpc) is 2.93. The number of halogens is 1. The number of nitrogens with zero attached hydrogens (tertiary/aromatic N) is 1. The van der Waals surface area contributed by atoms with E-state index in [0.29, 0.717) is 34.8 Å². The molecule has 1 heterocycles. The molecule has 116 valence electrons. The highest BCUT2D eigenvalue weighted by Gasteiger charge is 2.24. The smallest absolute Gasteiger partial charge is 0.251 e. The number of hydrogen-bond donors (Lipinski definition) is 1. The first-order valence-corrected chi connectivity index (χ1v) is 7.74. The number of methoxy groups -OCH3 is 1. The number of ether oxygens (including phenoxy) is 1. The van der Waals surface area contributed by atoms with E-state index in [-0.39, 0.29) is 5.91 Å². The summed E-state index contributed by atoms with van der Waals surface area (Å²) in [5.41, 5.74) is 0.540. The van der Waals surface area contributed by atoms with E-state index < -0.39 is 0 Å². The molecule has 0 unspecified atom stereocenters. The van der Waals surface area contributed by atoms with E-state index in [1.165, 1.54) is 0 Å². The minimum absolute atomic E-state index is 0.0983. The molecule has 0 spiro atoms. The minimum Gasteiger partial charge on any atom is -0.497 e. The van der Waals surface area contributed by atoms with Gasteiger partial charge in [-0.3, -0.25) is 4.79 Å². The summed E-state index contributed by atoms with van der Waals surface area (Å²) in [6, 6.07) is 5.63. The molecule has 0 bridgehead atoms. The summed E-state index contributed by atoms with van der Waals surface area (Å²) in [5, 5.41) is 3.50. The number of benzene rings is 1. The molecule has 1 aromatic rings. The third-order valence-corrected chi connectivity index (χ3v) is 4.19. The van der Waals surface area contributed by atoms with Crippen molar-refractivity contribution in [3.05, 3.63) is 28.8 Å². The monoisotopic (exact) mass is 310 g/mol. The van der Waals surface area contributed by atoms with Crippen LogP contribution in [-0.4, -0.2) is 43.6 Å². The topological polar surface area (TPSA) is 41.6 Å². The zero-order chi connectivity index (χ0) is 15.4. The molecule has 1 atom stereocenters. The maximum Gasteiger partial charge on any atom is 0.251 e. The van der Waals surface area contributed by atoms with Gasteiger partial charge in [-0.1, -0.05) is 11.6 Å². The fourth-order valence-corrected chi connectivity index (χ4v) is 2.87. The summed E-state index contributed by atoms with van der Waals surface area (Å²) in [4.78, 5) is 14.6. The highest BCUT2D eigenvalue weighted by atomic mass is 35.5. The number of hydrogen-bond acceptors (Lipinski definition) is 3. The van der Waals surface area contributed by atoms with Crippen LogP contribution in [0.4, 0.5) is 0 Å². The first-order chi connectivity index (χ1) is 9.99. The van der Waals surface area contributed by atoms with E-state index in [0.717, 1.165) is 19.5 Å². The molecule has 1 aliphatic rings. The molecular formula is C16H23ClN2O2. The molecule has 0 aromatic heterocycles. The maximum atomic E-state index is 12.2. The van der Waals surface area contributed by atoms with E-state index >= 15 is 0 Å². The first kappa shape index (κ1) is 16.1. The van der Waals surface area contributed by atoms with Crippen molar-refractivity contribution in [2.24, 2.45) is 5.92 Å². The van der Waals surface area contributed by atoms with Crippen LogP contribution < -0.4 is 10.1 Å². The van der Waals surface area contributed by atoms with E-state index in [1.807, 2.05) is 0 Å². The van der Waals surface area contributed by atoms with E-state index in [9.17, 15) is 4.79 Å². The van der Waals surface area contributed by atoms with Crippen molar-refractivity contribution in [2.45, 2.75) is 26.3 Å². The molecule has 1 fully saturated rings. The van der Waals surface area contributed by atoms with Crippen LogP contribution in [-0.2, 0) is 0 Å². The SMILES string of the molecule is COc1cc(Cl)cc(C(=O)NC[C@H]2CCN(C(C)C)C2)c1. The van der Waals surface area contributed by atoms with Crippen LogP contribution in [0.1, 0.15) is 30.6 Å². The Bertz CT molecular complexity index is 505. The summed E-state index contributed by atoms with van der Waals surface area (Å²) in [5.74, 6) is 1.02. The number of rotatable bonds is 5. The van der Waals surface area contributed by atoms with Gasteiger partial charge in [0.1, 0.15) is 5.75 Å². The second-order valence-electron chi connectivity index (χ2n) is 5.83. The molecular weight excluding hydrogens is 288 g/mol. The maximum absolute atomic E-state index is 12.2. The van der Waals surface area contributed by atoms with Crippen LogP contribution >= 0.6 is 11.6 Å². The summed E-state index contributed by atoms with van der Waals surface area (Å²) in [7, 11) is 1.56. The molecule has 0 radical (unpaired) electrons. The molecule has 2 rings (SSSR count). The first-order valence-electron chi connectivity index (χ1n) is 7.36. The summed E-state index contributed by atoms with van der Waals surface area (Å²) < 4.78 is 5.13. The number of carbonyl (C=O) groups excluding carboxylic acids is 1. The lowest BCUT2D eigenvalue weighted by atomic mass is 10.1. The van der Waals surface area contributed by atoms with Gasteiger partial charge in [0, 0.05) is 29.7 Å². The Morgan fingerprint density at radius 1 is 1.48 bits per heavy atom. The zero-order valence-corrected chi connectivity index (χ0v) is 13.6. The van der Waals surface area contributed by atoms with Crippen molar-refractivity contribution >= 4 is 17.5 Å². The summed E-state index contributed by atoms with van der Waals surface area (Å²) in [6.45, 7) is 7.29. The summed E-state index contributed by atoms with van der Waals surface area (Å²) in [6.07, 6.45) is 1.14. The Hall–Kier alpha value is -1.26.